The van der Waals surface area contributed by atoms with Crippen LogP contribution in [-0.4, -0.2) is 44.3 Å². The summed E-state index contributed by atoms with van der Waals surface area (Å²) in [6.07, 6.45) is 0. The highest BCUT2D eigenvalue weighted by atomic mass is 16.6. The molecule has 1 aromatic rings. The van der Waals surface area contributed by atoms with Crippen molar-refractivity contribution in [2.75, 3.05) is 39.4 Å². The Morgan fingerprint density at radius 2 is 1.94 bits per heavy atom. The van der Waals surface area contributed by atoms with Gasteiger partial charge in [0.05, 0.1) is 0 Å². The van der Waals surface area contributed by atoms with Gasteiger partial charge in [0.2, 0.25) is 0 Å². The lowest BCUT2D eigenvalue weighted by atomic mass is 10.1. The number of para-hydroxylation sites is 1. The van der Waals surface area contributed by atoms with Gasteiger partial charge in [-0.1, -0.05) is 12.1 Å². The smallest absolute Gasteiger partial charge is 0.165 e. The quantitative estimate of drug-likeness (QED) is 0.823. The molecule has 1 fully saturated rings. The SMILES string of the molecule is c1cc(CN2CCNCC2)c2c(c1)OCCO2. The normalized spacial score (nSPS) is 20.2. The van der Waals surface area contributed by atoms with Crippen LogP contribution >= 0.6 is 0 Å². The second-order valence-electron chi connectivity index (χ2n) is 4.47. The highest BCUT2D eigenvalue weighted by Gasteiger charge is 2.18. The predicted molar refractivity (Wildman–Crippen MR) is 65.6 cm³/mol. The molecule has 0 atom stereocenters. The molecule has 4 nitrogen and oxygen atoms in total. The summed E-state index contributed by atoms with van der Waals surface area (Å²) in [6.45, 7) is 6.62. The highest BCUT2D eigenvalue weighted by molar-refractivity contribution is 5.47. The zero-order valence-electron chi connectivity index (χ0n) is 9.95. The number of fused-ring (bicyclic) bond motifs is 1. The van der Waals surface area contributed by atoms with Crippen LogP contribution < -0.4 is 14.8 Å². The number of rotatable bonds is 2. The van der Waals surface area contributed by atoms with E-state index >= 15 is 0 Å². The van der Waals surface area contributed by atoms with Crippen LogP contribution in [0.5, 0.6) is 11.5 Å². The maximum atomic E-state index is 5.73. The molecule has 1 saturated heterocycles. The van der Waals surface area contributed by atoms with Gasteiger partial charge in [-0.15, -0.1) is 0 Å². The van der Waals surface area contributed by atoms with Crippen molar-refractivity contribution >= 4 is 0 Å². The number of nitrogens with one attached hydrogen (secondary N) is 1. The van der Waals surface area contributed by atoms with Crippen molar-refractivity contribution in [3.8, 4) is 11.5 Å². The van der Waals surface area contributed by atoms with E-state index in [0.717, 1.165) is 44.2 Å². The Balaban J connectivity index is 1.77. The van der Waals surface area contributed by atoms with Gasteiger partial charge in [-0.3, -0.25) is 4.90 Å². The van der Waals surface area contributed by atoms with Crippen molar-refractivity contribution in [3.05, 3.63) is 23.8 Å². The lowest BCUT2D eigenvalue weighted by Crippen LogP contribution is -2.43. The van der Waals surface area contributed by atoms with Gasteiger partial charge in [-0.05, 0) is 6.07 Å². The molecule has 92 valence electrons. The number of nitrogens with zero attached hydrogens (tertiary/aromatic N) is 1. The third-order valence-electron chi connectivity index (χ3n) is 3.25. The summed E-state index contributed by atoms with van der Waals surface area (Å²) in [6, 6.07) is 6.16. The molecule has 0 bridgehead atoms. The molecule has 17 heavy (non-hydrogen) atoms. The second kappa shape index (κ2) is 4.94. The summed E-state index contributed by atoms with van der Waals surface area (Å²) in [4.78, 5) is 2.45. The summed E-state index contributed by atoms with van der Waals surface area (Å²) >= 11 is 0. The third kappa shape index (κ3) is 2.37. The van der Waals surface area contributed by atoms with E-state index in [1.165, 1.54) is 5.56 Å². The first-order valence-corrected chi connectivity index (χ1v) is 6.24. The van der Waals surface area contributed by atoms with Crippen LogP contribution in [0, 0.1) is 0 Å². The second-order valence-corrected chi connectivity index (χ2v) is 4.47. The number of benzene rings is 1. The molecule has 2 heterocycles. The maximum absolute atomic E-state index is 5.73. The van der Waals surface area contributed by atoms with Gasteiger partial charge in [0.15, 0.2) is 11.5 Å². The summed E-state index contributed by atoms with van der Waals surface area (Å²) in [5.74, 6) is 1.83. The Morgan fingerprint density at radius 1 is 1.12 bits per heavy atom. The van der Waals surface area contributed by atoms with Crippen LogP contribution in [0.4, 0.5) is 0 Å². The average Bonchev–Trinajstić information content (AvgIpc) is 2.40. The summed E-state index contributed by atoms with van der Waals surface area (Å²) in [5.41, 5.74) is 1.24. The van der Waals surface area contributed by atoms with Crippen molar-refractivity contribution in [1.29, 1.82) is 0 Å². The van der Waals surface area contributed by atoms with Crippen LogP contribution in [0.2, 0.25) is 0 Å². The molecule has 3 rings (SSSR count). The molecule has 0 unspecified atom stereocenters. The highest BCUT2D eigenvalue weighted by Crippen LogP contribution is 2.34. The fourth-order valence-corrected chi connectivity index (χ4v) is 2.37. The summed E-state index contributed by atoms with van der Waals surface area (Å²) < 4.78 is 11.3. The van der Waals surface area contributed by atoms with E-state index in [2.05, 4.69) is 16.3 Å². The number of hydrogen-bond acceptors (Lipinski definition) is 4. The molecule has 0 spiro atoms. The van der Waals surface area contributed by atoms with Gasteiger partial charge < -0.3 is 14.8 Å². The van der Waals surface area contributed by atoms with Crippen molar-refractivity contribution in [3.63, 3.8) is 0 Å². The van der Waals surface area contributed by atoms with Crippen LogP contribution in [0.1, 0.15) is 5.56 Å². The Bertz CT molecular complexity index is 389. The Hall–Kier alpha value is -1.26. The van der Waals surface area contributed by atoms with E-state index in [9.17, 15) is 0 Å². The van der Waals surface area contributed by atoms with Crippen LogP contribution in [0.25, 0.3) is 0 Å². The van der Waals surface area contributed by atoms with Crippen LogP contribution in [-0.2, 0) is 6.54 Å². The summed E-state index contributed by atoms with van der Waals surface area (Å²) in [5, 5.41) is 3.37. The van der Waals surface area contributed by atoms with Gasteiger partial charge in [-0.2, -0.15) is 0 Å². The van der Waals surface area contributed by atoms with E-state index in [4.69, 9.17) is 9.47 Å². The van der Waals surface area contributed by atoms with Crippen LogP contribution in [0.15, 0.2) is 18.2 Å². The molecular weight excluding hydrogens is 216 g/mol. The third-order valence-corrected chi connectivity index (χ3v) is 3.25. The van der Waals surface area contributed by atoms with Crippen molar-refractivity contribution < 1.29 is 9.47 Å². The first-order chi connectivity index (χ1) is 8.43. The lowest BCUT2D eigenvalue weighted by molar-refractivity contribution is 0.165. The van der Waals surface area contributed by atoms with Crippen molar-refractivity contribution in [1.82, 2.24) is 10.2 Å². The first kappa shape index (κ1) is 10.9. The van der Waals surface area contributed by atoms with E-state index in [0.29, 0.717) is 13.2 Å². The van der Waals surface area contributed by atoms with Crippen LogP contribution in [0.3, 0.4) is 0 Å². The Kier molecular flexibility index (Phi) is 3.16. The van der Waals surface area contributed by atoms with Crippen molar-refractivity contribution in [2.24, 2.45) is 0 Å². The molecule has 2 aliphatic heterocycles. The fourth-order valence-electron chi connectivity index (χ4n) is 2.37. The molecule has 1 N–H and O–H groups in total. The van der Waals surface area contributed by atoms with E-state index in [1.807, 2.05) is 12.1 Å². The number of piperazine rings is 1. The van der Waals surface area contributed by atoms with E-state index < -0.39 is 0 Å². The summed E-state index contributed by atoms with van der Waals surface area (Å²) in [7, 11) is 0. The largest absolute Gasteiger partial charge is 0.486 e. The molecule has 0 aromatic heterocycles. The molecule has 2 aliphatic rings. The molecule has 0 amide bonds. The first-order valence-electron chi connectivity index (χ1n) is 6.24. The molecule has 0 aliphatic carbocycles. The lowest BCUT2D eigenvalue weighted by Gasteiger charge is -2.29. The molecular formula is C13H18N2O2. The van der Waals surface area contributed by atoms with E-state index in [1.54, 1.807) is 0 Å². The van der Waals surface area contributed by atoms with Gasteiger partial charge in [0.1, 0.15) is 13.2 Å². The fraction of sp³-hybridized carbons (Fsp3) is 0.538. The molecule has 4 heteroatoms. The van der Waals surface area contributed by atoms with Gasteiger partial charge in [0, 0.05) is 38.3 Å². The van der Waals surface area contributed by atoms with E-state index in [-0.39, 0.29) is 0 Å². The Morgan fingerprint density at radius 3 is 2.82 bits per heavy atom. The molecule has 0 radical (unpaired) electrons. The topological polar surface area (TPSA) is 33.7 Å². The monoisotopic (exact) mass is 234 g/mol. The predicted octanol–water partition coefficient (Wildman–Crippen LogP) is 0.863. The molecule has 1 aromatic carbocycles. The average molecular weight is 234 g/mol. The minimum absolute atomic E-state index is 0.657. The zero-order valence-corrected chi connectivity index (χ0v) is 9.95. The minimum Gasteiger partial charge on any atom is -0.486 e. The minimum atomic E-state index is 0.657. The Labute approximate surface area is 102 Å². The molecule has 0 saturated carbocycles. The van der Waals surface area contributed by atoms with Crippen molar-refractivity contribution in [2.45, 2.75) is 6.54 Å². The standard InChI is InChI=1S/C13H18N2O2/c1-2-11(10-15-6-4-14-5-7-15)13-12(3-1)16-8-9-17-13/h1-3,14H,4-10H2. The maximum Gasteiger partial charge on any atom is 0.165 e. The van der Waals surface area contributed by atoms with Gasteiger partial charge in [0.25, 0.3) is 0 Å². The number of ether oxygens (including phenoxy) is 2. The zero-order chi connectivity index (χ0) is 11.5. The van der Waals surface area contributed by atoms with Gasteiger partial charge in [-0.25, -0.2) is 0 Å². The van der Waals surface area contributed by atoms with Gasteiger partial charge >= 0.3 is 0 Å². The number of hydrogen-bond donors (Lipinski definition) is 1.